The van der Waals surface area contributed by atoms with Crippen molar-refractivity contribution < 1.29 is 17.3 Å². The number of fused-ring (bicyclic) bond motifs is 1. The van der Waals surface area contributed by atoms with E-state index in [1.54, 1.807) is 26.1 Å². The molecule has 2 N–H and O–H groups in total. The molecular weight excluding hydrogens is 345 g/mol. The van der Waals surface area contributed by atoms with Crippen LogP contribution in [0.2, 0.25) is 0 Å². The van der Waals surface area contributed by atoms with Crippen molar-refractivity contribution in [3.63, 3.8) is 0 Å². The maximum absolute atomic E-state index is 13.4. The summed E-state index contributed by atoms with van der Waals surface area (Å²) in [5, 5.41) is 4.56. The number of aromatic amines is 1. The van der Waals surface area contributed by atoms with Crippen LogP contribution < -0.4 is 4.72 Å². The number of hydrogen-bond acceptors (Lipinski definition) is 4. The van der Waals surface area contributed by atoms with Crippen LogP contribution in [0.25, 0.3) is 10.9 Å². The Balaban J connectivity index is 1.88. The molecule has 3 aromatic rings. The number of rotatable bonds is 5. The van der Waals surface area contributed by atoms with Gasteiger partial charge in [0, 0.05) is 29.1 Å². The van der Waals surface area contributed by atoms with Gasteiger partial charge in [-0.2, -0.15) is 0 Å². The van der Waals surface area contributed by atoms with Crippen LogP contribution >= 0.6 is 0 Å². The predicted octanol–water partition coefficient (Wildman–Crippen LogP) is 3.17. The Hall–Kier alpha value is -2.19. The van der Waals surface area contributed by atoms with Gasteiger partial charge in [-0.15, -0.1) is 0 Å². The Morgan fingerprint density at radius 1 is 1.32 bits per heavy atom. The van der Waals surface area contributed by atoms with Gasteiger partial charge in [-0.3, -0.25) is 0 Å². The van der Waals surface area contributed by atoms with Gasteiger partial charge in [0.25, 0.3) is 0 Å². The van der Waals surface area contributed by atoms with Gasteiger partial charge >= 0.3 is 0 Å². The number of H-pyrrole nitrogens is 1. The van der Waals surface area contributed by atoms with Crippen molar-refractivity contribution in [2.45, 2.75) is 38.0 Å². The van der Waals surface area contributed by atoms with Crippen molar-refractivity contribution >= 4 is 20.9 Å². The zero-order valence-electron chi connectivity index (χ0n) is 14.5. The van der Waals surface area contributed by atoms with Crippen molar-refractivity contribution in [2.24, 2.45) is 0 Å². The van der Waals surface area contributed by atoms with E-state index < -0.39 is 15.4 Å². The van der Waals surface area contributed by atoms with E-state index >= 15 is 0 Å². The lowest BCUT2D eigenvalue weighted by molar-refractivity contribution is 0.390. The minimum absolute atomic E-state index is 0.0734. The summed E-state index contributed by atoms with van der Waals surface area (Å²) in [6.07, 6.45) is 1.79. The number of nitrogens with zero attached hydrogens (tertiary/aromatic N) is 1. The molecule has 0 spiro atoms. The summed E-state index contributed by atoms with van der Waals surface area (Å²) < 4.78 is 46.1. The Bertz CT molecular complexity index is 1020. The molecule has 0 atom stereocenters. The van der Waals surface area contributed by atoms with Crippen LogP contribution in [-0.2, 0) is 15.4 Å². The maximum Gasteiger partial charge on any atom is 0.245 e. The summed E-state index contributed by atoms with van der Waals surface area (Å²) in [6.45, 7) is 7.17. The van der Waals surface area contributed by atoms with E-state index in [0.29, 0.717) is 11.2 Å². The third-order valence-corrected chi connectivity index (χ3v) is 5.96. The van der Waals surface area contributed by atoms with E-state index in [4.69, 9.17) is 4.52 Å². The van der Waals surface area contributed by atoms with E-state index in [1.165, 1.54) is 12.1 Å². The molecule has 0 saturated heterocycles. The first-order valence-corrected chi connectivity index (χ1v) is 9.30. The van der Waals surface area contributed by atoms with E-state index in [2.05, 4.69) is 14.9 Å². The second-order valence-corrected chi connectivity index (χ2v) is 8.46. The average molecular weight is 365 g/mol. The fourth-order valence-corrected chi connectivity index (χ4v) is 4.50. The minimum atomic E-state index is -3.74. The van der Waals surface area contributed by atoms with Crippen molar-refractivity contribution in [1.82, 2.24) is 14.9 Å². The van der Waals surface area contributed by atoms with Gasteiger partial charge in [0.05, 0.1) is 0 Å². The molecule has 2 aromatic heterocycles. The molecular formula is C17H20FN3O3S. The largest absolute Gasteiger partial charge is 0.361 e. The van der Waals surface area contributed by atoms with Crippen LogP contribution in [0.5, 0.6) is 0 Å². The molecule has 2 heterocycles. The molecule has 0 aliphatic carbocycles. The molecule has 6 nitrogen and oxygen atoms in total. The van der Waals surface area contributed by atoms with E-state index in [-0.39, 0.29) is 23.0 Å². The third-order valence-electron chi connectivity index (χ3n) is 4.31. The summed E-state index contributed by atoms with van der Waals surface area (Å²) in [7, 11) is -3.74. The van der Waals surface area contributed by atoms with Gasteiger partial charge in [-0.25, -0.2) is 17.5 Å². The van der Waals surface area contributed by atoms with Gasteiger partial charge in [-0.1, -0.05) is 19.0 Å². The van der Waals surface area contributed by atoms with Crippen LogP contribution in [0.1, 0.15) is 30.9 Å². The molecule has 1 aromatic carbocycles. The number of aryl methyl sites for hydroxylation is 2. The highest BCUT2D eigenvalue weighted by molar-refractivity contribution is 7.89. The second-order valence-electron chi connectivity index (χ2n) is 6.75. The minimum Gasteiger partial charge on any atom is -0.361 e. The smallest absolute Gasteiger partial charge is 0.245 e. The lowest BCUT2D eigenvalue weighted by atomic mass is 9.85. The first-order valence-electron chi connectivity index (χ1n) is 7.81. The molecule has 134 valence electrons. The Morgan fingerprint density at radius 3 is 2.68 bits per heavy atom. The highest BCUT2D eigenvalue weighted by Gasteiger charge is 2.29. The summed E-state index contributed by atoms with van der Waals surface area (Å²) in [5.74, 6) is -0.0665. The van der Waals surface area contributed by atoms with Gasteiger partial charge < -0.3 is 9.51 Å². The molecule has 0 fully saturated rings. The van der Waals surface area contributed by atoms with Crippen LogP contribution in [0.4, 0.5) is 4.39 Å². The van der Waals surface area contributed by atoms with Crippen LogP contribution in [0.3, 0.4) is 0 Å². The number of hydrogen-bond donors (Lipinski definition) is 2. The second kappa shape index (κ2) is 5.96. The van der Waals surface area contributed by atoms with Crippen molar-refractivity contribution in [3.8, 4) is 0 Å². The maximum atomic E-state index is 13.4. The van der Waals surface area contributed by atoms with Crippen molar-refractivity contribution in [2.75, 3.05) is 6.54 Å². The normalized spacial score (nSPS) is 12.8. The molecule has 0 bridgehead atoms. The number of nitrogens with one attached hydrogen (secondary N) is 2. The fourth-order valence-electron chi connectivity index (χ4n) is 2.96. The molecule has 8 heteroatoms. The number of sulfonamides is 1. The first-order chi connectivity index (χ1) is 11.6. The molecule has 3 rings (SSSR count). The molecule has 0 radical (unpaired) electrons. The van der Waals surface area contributed by atoms with E-state index in [9.17, 15) is 12.8 Å². The summed E-state index contributed by atoms with van der Waals surface area (Å²) in [4.78, 5) is 3.11. The average Bonchev–Trinajstić information content (AvgIpc) is 3.09. The van der Waals surface area contributed by atoms with E-state index in [1.807, 2.05) is 13.8 Å². The quantitative estimate of drug-likeness (QED) is 0.727. The van der Waals surface area contributed by atoms with Gasteiger partial charge in [0.1, 0.15) is 16.4 Å². The Morgan fingerprint density at radius 2 is 2.04 bits per heavy atom. The highest BCUT2D eigenvalue weighted by Crippen LogP contribution is 2.31. The Labute approximate surface area is 145 Å². The summed E-state index contributed by atoms with van der Waals surface area (Å²) in [6, 6.07) is 4.51. The lowest BCUT2D eigenvalue weighted by Crippen LogP contribution is -2.36. The molecule has 0 amide bonds. The third kappa shape index (κ3) is 3.19. The van der Waals surface area contributed by atoms with Crippen LogP contribution in [-0.4, -0.2) is 25.1 Å². The van der Waals surface area contributed by atoms with E-state index in [0.717, 1.165) is 10.9 Å². The van der Waals surface area contributed by atoms with Crippen LogP contribution in [0, 0.1) is 19.7 Å². The van der Waals surface area contributed by atoms with Crippen molar-refractivity contribution in [3.05, 3.63) is 47.2 Å². The van der Waals surface area contributed by atoms with Crippen LogP contribution in [0.15, 0.2) is 33.8 Å². The number of aromatic nitrogens is 2. The highest BCUT2D eigenvalue weighted by atomic mass is 32.2. The molecule has 0 unspecified atom stereocenters. The first kappa shape index (κ1) is 17.6. The predicted molar refractivity (Wildman–Crippen MR) is 92.4 cm³/mol. The topological polar surface area (TPSA) is 88.0 Å². The van der Waals surface area contributed by atoms with Gasteiger partial charge in [0.2, 0.25) is 10.0 Å². The standard InChI is InChI=1S/C17H20FN3O3S/c1-10-16(11(2)24-21-10)25(22,23)20-9-17(3,4)14-8-19-15-7-12(18)5-6-13(14)15/h5-8,19-20H,9H2,1-4H3. The van der Waals surface area contributed by atoms with Crippen molar-refractivity contribution in [1.29, 1.82) is 0 Å². The lowest BCUT2D eigenvalue weighted by Gasteiger charge is -2.24. The molecule has 25 heavy (non-hydrogen) atoms. The van der Waals surface area contributed by atoms with Gasteiger partial charge in [-0.05, 0) is 37.6 Å². The summed E-state index contributed by atoms with van der Waals surface area (Å²) in [5.41, 5.74) is 1.40. The zero-order valence-corrected chi connectivity index (χ0v) is 15.3. The molecule has 0 aliphatic rings. The SMILES string of the molecule is Cc1noc(C)c1S(=O)(=O)NCC(C)(C)c1c[nH]c2cc(F)ccc12. The fraction of sp³-hybridized carbons (Fsp3) is 0.353. The molecule has 0 aliphatic heterocycles. The Kier molecular flexibility index (Phi) is 4.20. The zero-order chi connectivity index (χ0) is 18.4. The monoisotopic (exact) mass is 365 g/mol. The van der Waals surface area contributed by atoms with Gasteiger partial charge in [0.15, 0.2) is 5.76 Å². The summed E-state index contributed by atoms with van der Waals surface area (Å²) >= 11 is 0. The molecule has 0 saturated carbocycles. The number of benzene rings is 1. The number of halogens is 1.